The lowest BCUT2D eigenvalue weighted by Crippen LogP contribution is -2.13. The average Bonchev–Trinajstić information content (AvgIpc) is 3.06. The van der Waals surface area contributed by atoms with Gasteiger partial charge in [0.15, 0.2) is 5.76 Å². The number of pyridine rings is 1. The Morgan fingerprint density at radius 3 is 2.61 bits per heavy atom. The van der Waals surface area contributed by atoms with Crippen molar-refractivity contribution in [1.82, 2.24) is 4.98 Å². The second kappa shape index (κ2) is 6.31. The standard InChI is InChI=1S/C17H14FN3O2/c18-13-6-3-11(4-7-13)10-12-5-8-15(20-16(12)19)21-17(22)14-2-1-9-23-14/h1-9H,10H2,(H3,19,20,21,22). The molecule has 0 aliphatic heterocycles. The molecule has 0 fully saturated rings. The van der Waals surface area contributed by atoms with Gasteiger partial charge < -0.3 is 15.5 Å². The lowest BCUT2D eigenvalue weighted by Gasteiger charge is -2.08. The molecule has 0 unspecified atom stereocenters. The van der Waals surface area contributed by atoms with Crippen LogP contribution in [0.4, 0.5) is 16.0 Å². The van der Waals surface area contributed by atoms with E-state index >= 15 is 0 Å². The van der Waals surface area contributed by atoms with Crippen LogP contribution in [0, 0.1) is 5.82 Å². The molecule has 1 amide bonds. The molecule has 0 bridgehead atoms. The number of carbonyl (C=O) groups excluding carboxylic acids is 1. The number of halogens is 1. The average molecular weight is 311 g/mol. The van der Waals surface area contributed by atoms with Gasteiger partial charge in [-0.15, -0.1) is 0 Å². The molecule has 0 atom stereocenters. The summed E-state index contributed by atoms with van der Waals surface area (Å²) >= 11 is 0. The van der Waals surface area contributed by atoms with E-state index in [2.05, 4.69) is 10.3 Å². The van der Waals surface area contributed by atoms with Crippen molar-refractivity contribution < 1.29 is 13.6 Å². The third kappa shape index (κ3) is 3.55. The highest BCUT2D eigenvalue weighted by atomic mass is 19.1. The Bertz CT molecular complexity index is 814. The van der Waals surface area contributed by atoms with E-state index in [0.29, 0.717) is 18.1 Å². The van der Waals surface area contributed by atoms with Crippen LogP contribution in [-0.2, 0) is 6.42 Å². The van der Waals surface area contributed by atoms with Crippen molar-refractivity contribution in [1.29, 1.82) is 0 Å². The van der Waals surface area contributed by atoms with Gasteiger partial charge in [0.05, 0.1) is 6.26 Å². The lowest BCUT2D eigenvalue weighted by molar-refractivity contribution is 0.0996. The Hall–Kier alpha value is -3.15. The first kappa shape index (κ1) is 14.8. The number of aromatic nitrogens is 1. The van der Waals surface area contributed by atoms with Gasteiger partial charge in [-0.3, -0.25) is 4.79 Å². The fraction of sp³-hybridized carbons (Fsp3) is 0.0588. The number of carbonyl (C=O) groups is 1. The monoisotopic (exact) mass is 311 g/mol. The third-order valence-corrected chi connectivity index (χ3v) is 3.31. The van der Waals surface area contributed by atoms with Crippen LogP contribution in [0.2, 0.25) is 0 Å². The SMILES string of the molecule is Nc1nc(NC(=O)c2ccco2)ccc1Cc1ccc(F)cc1. The number of anilines is 2. The van der Waals surface area contributed by atoms with E-state index in [9.17, 15) is 9.18 Å². The molecule has 0 spiro atoms. The Balaban J connectivity index is 1.73. The van der Waals surface area contributed by atoms with Gasteiger partial charge >= 0.3 is 0 Å². The van der Waals surface area contributed by atoms with Crippen molar-refractivity contribution >= 4 is 17.5 Å². The normalized spacial score (nSPS) is 10.5. The Morgan fingerprint density at radius 1 is 1.17 bits per heavy atom. The van der Waals surface area contributed by atoms with Gasteiger partial charge in [-0.25, -0.2) is 9.37 Å². The molecule has 0 saturated carbocycles. The van der Waals surface area contributed by atoms with Crippen LogP contribution in [0.5, 0.6) is 0 Å². The third-order valence-electron chi connectivity index (χ3n) is 3.31. The smallest absolute Gasteiger partial charge is 0.292 e. The molecule has 0 radical (unpaired) electrons. The Morgan fingerprint density at radius 2 is 1.96 bits per heavy atom. The first-order valence-corrected chi connectivity index (χ1v) is 6.96. The highest BCUT2D eigenvalue weighted by Gasteiger charge is 2.11. The van der Waals surface area contributed by atoms with Crippen LogP contribution in [0.15, 0.2) is 59.2 Å². The summed E-state index contributed by atoms with van der Waals surface area (Å²) in [7, 11) is 0. The number of nitrogen functional groups attached to an aromatic ring is 1. The Kier molecular flexibility index (Phi) is 4.05. The molecule has 3 aromatic rings. The minimum atomic E-state index is -0.395. The summed E-state index contributed by atoms with van der Waals surface area (Å²) in [5.41, 5.74) is 7.66. The fourth-order valence-corrected chi connectivity index (χ4v) is 2.13. The van der Waals surface area contributed by atoms with Gasteiger partial charge in [0, 0.05) is 6.42 Å². The molecule has 1 aromatic carbocycles. The van der Waals surface area contributed by atoms with Crippen LogP contribution < -0.4 is 11.1 Å². The number of nitrogens with zero attached hydrogens (tertiary/aromatic N) is 1. The molecule has 23 heavy (non-hydrogen) atoms. The lowest BCUT2D eigenvalue weighted by atomic mass is 10.1. The minimum absolute atomic E-state index is 0.195. The van der Waals surface area contributed by atoms with Crippen LogP contribution in [0.3, 0.4) is 0 Å². The van der Waals surface area contributed by atoms with Crippen LogP contribution in [0.25, 0.3) is 0 Å². The van der Waals surface area contributed by atoms with E-state index in [1.165, 1.54) is 18.4 Å². The largest absolute Gasteiger partial charge is 0.459 e. The Labute approximate surface area is 132 Å². The molecule has 0 aliphatic rings. The molecular weight excluding hydrogens is 297 g/mol. The molecule has 0 saturated heterocycles. The molecule has 5 nitrogen and oxygen atoms in total. The molecule has 6 heteroatoms. The maximum atomic E-state index is 12.9. The summed E-state index contributed by atoms with van der Waals surface area (Å²) < 4.78 is 17.9. The zero-order valence-corrected chi connectivity index (χ0v) is 12.1. The number of furan rings is 1. The van der Waals surface area contributed by atoms with Crippen LogP contribution >= 0.6 is 0 Å². The molecule has 0 aliphatic carbocycles. The highest BCUT2D eigenvalue weighted by molar-refractivity contribution is 6.01. The quantitative estimate of drug-likeness (QED) is 0.775. The second-order valence-electron chi connectivity index (χ2n) is 4.98. The van der Waals surface area contributed by atoms with E-state index in [0.717, 1.165) is 11.1 Å². The number of hydrogen-bond donors (Lipinski definition) is 2. The van der Waals surface area contributed by atoms with E-state index in [-0.39, 0.29) is 11.6 Å². The van der Waals surface area contributed by atoms with Crippen molar-refractivity contribution in [2.45, 2.75) is 6.42 Å². The molecule has 116 valence electrons. The summed E-state index contributed by atoms with van der Waals surface area (Å²) in [4.78, 5) is 16.0. The number of rotatable bonds is 4. The number of nitrogens with two attached hydrogens (primary N) is 1. The van der Waals surface area contributed by atoms with Gasteiger partial charge in [-0.1, -0.05) is 18.2 Å². The van der Waals surface area contributed by atoms with Crippen LogP contribution in [-0.4, -0.2) is 10.9 Å². The van der Waals surface area contributed by atoms with E-state index in [1.54, 1.807) is 36.4 Å². The van der Waals surface area contributed by atoms with Crippen molar-refractivity contribution in [2.75, 3.05) is 11.1 Å². The maximum Gasteiger partial charge on any atom is 0.292 e. The molecule has 3 rings (SSSR count). The van der Waals surface area contributed by atoms with E-state index in [1.807, 2.05) is 0 Å². The van der Waals surface area contributed by atoms with Gasteiger partial charge in [-0.2, -0.15) is 0 Å². The summed E-state index contributed by atoms with van der Waals surface area (Å²) in [5, 5.41) is 2.61. The fourth-order valence-electron chi connectivity index (χ4n) is 2.13. The topological polar surface area (TPSA) is 81.1 Å². The van der Waals surface area contributed by atoms with Crippen molar-refractivity contribution in [2.24, 2.45) is 0 Å². The van der Waals surface area contributed by atoms with Crippen LogP contribution in [0.1, 0.15) is 21.7 Å². The zero-order chi connectivity index (χ0) is 16.2. The predicted molar refractivity (Wildman–Crippen MR) is 84.5 cm³/mol. The van der Waals surface area contributed by atoms with E-state index in [4.69, 9.17) is 10.2 Å². The first-order valence-electron chi connectivity index (χ1n) is 6.96. The molecule has 3 N–H and O–H groups in total. The number of nitrogens with one attached hydrogen (secondary N) is 1. The highest BCUT2D eigenvalue weighted by Crippen LogP contribution is 2.18. The minimum Gasteiger partial charge on any atom is -0.459 e. The number of amides is 1. The number of benzene rings is 1. The summed E-state index contributed by atoms with van der Waals surface area (Å²) in [6.07, 6.45) is 1.95. The molecule has 2 heterocycles. The second-order valence-corrected chi connectivity index (χ2v) is 4.98. The van der Waals surface area contributed by atoms with Crippen molar-refractivity contribution in [3.63, 3.8) is 0 Å². The van der Waals surface area contributed by atoms with Crippen molar-refractivity contribution in [3.05, 3.63) is 77.5 Å². The maximum absolute atomic E-state index is 12.9. The van der Waals surface area contributed by atoms with E-state index < -0.39 is 5.91 Å². The summed E-state index contributed by atoms with van der Waals surface area (Å²) in [6, 6.07) is 12.8. The molecular formula is C17H14FN3O2. The van der Waals surface area contributed by atoms with Gasteiger partial charge in [-0.05, 0) is 41.5 Å². The summed E-state index contributed by atoms with van der Waals surface area (Å²) in [6.45, 7) is 0. The van der Waals surface area contributed by atoms with Crippen molar-refractivity contribution in [3.8, 4) is 0 Å². The first-order chi connectivity index (χ1) is 11.1. The molecule has 2 aromatic heterocycles. The zero-order valence-electron chi connectivity index (χ0n) is 12.1. The number of hydrogen-bond acceptors (Lipinski definition) is 4. The summed E-state index contributed by atoms with van der Waals surface area (Å²) in [5.74, 6) is 0.170. The predicted octanol–water partition coefficient (Wildman–Crippen LogP) is 3.24. The van der Waals surface area contributed by atoms with Gasteiger partial charge in [0.25, 0.3) is 5.91 Å². The van der Waals surface area contributed by atoms with Gasteiger partial charge in [0.1, 0.15) is 17.5 Å². The van der Waals surface area contributed by atoms with Gasteiger partial charge in [0.2, 0.25) is 0 Å².